The van der Waals surface area contributed by atoms with Crippen molar-refractivity contribution >= 4 is 50.6 Å². The topological polar surface area (TPSA) is 62.7 Å². The van der Waals surface area contributed by atoms with E-state index in [2.05, 4.69) is 4.37 Å². The van der Waals surface area contributed by atoms with Gasteiger partial charge in [-0.05, 0) is 17.6 Å². The molecule has 0 aliphatic heterocycles. The predicted octanol–water partition coefficient (Wildman–Crippen LogP) is 3.06. The molecule has 0 unspecified atom stereocenters. The molecule has 0 spiro atoms. The van der Waals surface area contributed by atoms with Crippen LogP contribution < -0.4 is 5.73 Å². The lowest BCUT2D eigenvalue weighted by atomic mass is 10.1. The monoisotopic (exact) mass is 243 g/mol. The fourth-order valence-corrected chi connectivity index (χ4v) is 2.49. The molecule has 1 aromatic heterocycles. The van der Waals surface area contributed by atoms with Crippen molar-refractivity contribution in [2.24, 2.45) is 0 Å². The number of hydrogen-bond donors (Lipinski definition) is 1. The van der Waals surface area contributed by atoms with E-state index in [0.717, 1.165) is 11.5 Å². The molecule has 0 fully saturated rings. The van der Waals surface area contributed by atoms with Crippen LogP contribution in [0.25, 0.3) is 10.9 Å². The Bertz CT molecular complexity index is 556. The minimum Gasteiger partial charge on any atom is -0.389 e. The van der Waals surface area contributed by atoms with Crippen LogP contribution in [0.15, 0.2) is 6.07 Å². The molecule has 0 aliphatic carbocycles. The highest BCUT2D eigenvalue weighted by molar-refractivity contribution is 7.11. The molecule has 2 N–H and O–H groups in total. The Balaban J connectivity index is 2.98. The minimum absolute atomic E-state index is 0.243. The normalized spacial score (nSPS) is 10.4. The van der Waals surface area contributed by atoms with Crippen LogP contribution in [-0.4, -0.2) is 4.37 Å². The summed E-state index contributed by atoms with van der Waals surface area (Å²) in [5.41, 5.74) is 6.54. The van der Waals surface area contributed by atoms with Crippen LogP contribution in [0.3, 0.4) is 0 Å². The molecule has 2 aromatic rings. The second kappa shape index (κ2) is 3.28. The van der Waals surface area contributed by atoms with E-state index in [1.54, 1.807) is 6.07 Å². The van der Waals surface area contributed by atoms with Crippen LogP contribution >= 0.6 is 34.7 Å². The minimum atomic E-state index is 0.243. The number of nitriles is 1. The van der Waals surface area contributed by atoms with Crippen molar-refractivity contribution in [1.29, 1.82) is 5.26 Å². The summed E-state index contributed by atoms with van der Waals surface area (Å²) < 4.78 is 4.05. The molecule has 2 rings (SSSR count). The van der Waals surface area contributed by atoms with E-state index in [0.29, 0.717) is 20.9 Å². The number of halogens is 2. The molecule has 0 saturated heterocycles. The molecule has 0 amide bonds. The van der Waals surface area contributed by atoms with Gasteiger partial charge in [0.05, 0.1) is 26.5 Å². The van der Waals surface area contributed by atoms with Crippen LogP contribution in [0.4, 0.5) is 5.00 Å². The number of anilines is 1. The zero-order valence-electron chi connectivity index (χ0n) is 6.71. The van der Waals surface area contributed by atoms with Crippen molar-refractivity contribution in [1.82, 2.24) is 4.37 Å². The molecule has 0 aliphatic rings. The van der Waals surface area contributed by atoms with Gasteiger partial charge in [-0.15, -0.1) is 0 Å². The van der Waals surface area contributed by atoms with Crippen molar-refractivity contribution in [3.05, 3.63) is 21.7 Å². The van der Waals surface area contributed by atoms with Gasteiger partial charge in [0, 0.05) is 0 Å². The van der Waals surface area contributed by atoms with Crippen LogP contribution in [-0.2, 0) is 0 Å². The second-order valence-electron chi connectivity index (χ2n) is 2.60. The summed E-state index contributed by atoms with van der Waals surface area (Å²) in [4.78, 5) is 0. The number of nitrogens with two attached hydrogens (primary N) is 1. The third kappa shape index (κ3) is 1.22. The van der Waals surface area contributed by atoms with Crippen LogP contribution in [0.2, 0.25) is 10.0 Å². The van der Waals surface area contributed by atoms with Gasteiger partial charge in [-0.3, -0.25) is 0 Å². The zero-order valence-corrected chi connectivity index (χ0v) is 9.04. The SMILES string of the molecule is N#Cc1c(Cl)cc2nsc(N)c2c1Cl. The van der Waals surface area contributed by atoms with Gasteiger partial charge in [0.15, 0.2) is 0 Å². The van der Waals surface area contributed by atoms with Crippen molar-refractivity contribution in [3.8, 4) is 6.07 Å². The van der Waals surface area contributed by atoms with Gasteiger partial charge in [-0.25, -0.2) is 0 Å². The second-order valence-corrected chi connectivity index (χ2v) is 4.19. The highest BCUT2D eigenvalue weighted by Crippen LogP contribution is 2.37. The van der Waals surface area contributed by atoms with E-state index in [4.69, 9.17) is 34.2 Å². The third-order valence-electron chi connectivity index (χ3n) is 1.80. The molecule has 0 saturated carbocycles. The first-order valence-corrected chi connectivity index (χ1v) is 5.11. The molecule has 1 aromatic carbocycles. The fourth-order valence-electron chi connectivity index (χ4n) is 1.16. The van der Waals surface area contributed by atoms with E-state index >= 15 is 0 Å². The van der Waals surface area contributed by atoms with Crippen molar-refractivity contribution in [2.45, 2.75) is 0 Å². The summed E-state index contributed by atoms with van der Waals surface area (Å²) in [5, 5.41) is 10.5. The molecule has 0 bridgehead atoms. The number of hydrogen-bond acceptors (Lipinski definition) is 4. The van der Waals surface area contributed by atoms with Gasteiger partial charge in [-0.1, -0.05) is 23.2 Å². The smallest absolute Gasteiger partial charge is 0.116 e. The first-order valence-electron chi connectivity index (χ1n) is 3.58. The molecule has 0 radical (unpaired) electrons. The van der Waals surface area contributed by atoms with Crippen LogP contribution in [0.1, 0.15) is 5.56 Å². The number of nitrogens with zero attached hydrogens (tertiary/aromatic N) is 2. The summed E-state index contributed by atoms with van der Waals surface area (Å²) in [5.74, 6) is 0. The average Bonchev–Trinajstić information content (AvgIpc) is 2.48. The maximum atomic E-state index is 8.81. The van der Waals surface area contributed by atoms with Crippen LogP contribution in [0.5, 0.6) is 0 Å². The lowest BCUT2D eigenvalue weighted by molar-refractivity contribution is 1.49. The molecular formula is C8H3Cl2N3S. The zero-order chi connectivity index (χ0) is 10.3. The van der Waals surface area contributed by atoms with Crippen LogP contribution in [0, 0.1) is 11.3 Å². The number of rotatable bonds is 0. The Morgan fingerprint density at radius 1 is 1.50 bits per heavy atom. The Morgan fingerprint density at radius 2 is 2.21 bits per heavy atom. The maximum absolute atomic E-state index is 8.81. The fraction of sp³-hybridized carbons (Fsp3) is 0. The molecule has 14 heavy (non-hydrogen) atoms. The predicted molar refractivity (Wildman–Crippen MR) is 58.8 cm³/mol. The highest BCUT2D eigenvalue weighted by atomic mass is 35.5. The quantitative estimate of drug-likeness (QED) is 0.774. The Hall–Kier alpha value is -1.02. The van der Waals surface area contributed by atoms with E-state index in [1.165, 1.54) is 0 Å². The summed E-state index contributed by atoms with van der Waals surface area (Å²) in [6.45, 7) is 0. The largest absolute Gasteiger partial charge is 0.389 e. The molecule has 6 heteroatoms. The van der Waals surface area contributed by atoms with Gasteiger partial charge >= 0.3 is 0 Å². The standard InChI is InChI=1S/C8H3Cl2N3S/c9-4-1-5-6(8(12)14-13-5)7(10)3(4)2-11/h1H,12H2. The Morgan fingerprint density at radius 3 is 2.86 bits per heavy atom. The Kier molecular flexibility index (Phi) is 2.23. The van der Waals surface area contributed by atoms with Crippen molar-refractivity contribution in [2.75, 3.05) is 5.73 Å². The number of aromatic nitrogens is 1. The summed E-state index contributed by atoms with van der Waals surface area (Å²) in [7, 11) is 0. The Labute approximate surface area is 93.8 Å². The molecular weight excluding hydrogens is 241 g/mol. The van der Waals surface area contributed by atoms with Gasteiger partial charge in [0.25, 0.3) is 0 Å². The highest BCUT2D eigenvalue weighted by Gasteiger charge is 2.14. The van der Waals surface area contributed by atoms with E-state index in [-0.39, 0.29) is 10.6 Å². The van der Waals surface area contributed by atoms with E-state index in [9.17, 15) is 0 Å². The van der Waals surface area contributed by atoms with Crippen molar-refractivity contribution in [3.63, 3.8) is 0 Å². The lowest BCUT2D eigenvalue weighted by Crippen LogP contribution is -1.85. The van der Waals surface area contributed by atoms with E-state index < -0.39 is 0 Å². The number of nitrogen functional groups attached to an aromatic ring is 1. The van der Waals surface area contributed by atoms with Crippen molar-refractivity contribution < 1.29 is 0 Å². The molecule has 70 valence electrons. The summed E-state index contributed by atoms with van der Waals surface area (Å²) in [6.07, 6.45) is 0. The van der Waals surface area contributed by atoms with Gasteiger partial charge in [0.2, 0.25) is 0 Å². The molecule has 1 heterocycles. The first kappa shape index (κ1) is 9.53. The summed E-state index contributed by atoms with van der Waals surface area (Å²) in [6, 6.07) is 3.52. The lowest BCUT2D eigenvalue weighted by Gasteiger charge is -1.99. The summed E-state index contributed by atoms with van der Waals surface area (Å²) >= 11 is 12.9. The van der Waals surface area contributed by atoms with Gasteiger partial charge < -0.3 is 5.73 Å². The maximum Gasteiger partial charge on any atom is 0.116 e. The van der Waals surface area contributed by atoms with Gasteiger partial charge in [-0.2, -0.15) is 9.64 Å². The number of fused-ring (bicyclic) bond motifs is 1. The molecule has 3 nitrogen and oxygen atoms in total. The first-order chi connectivity index (χ1) is 6.65. The third-order valence-corrected chi connectivity index (χ3v) is 3.16. The average molecular weight is 244 g/mol. The van der Waals surface area contributed by atoms with E-state index in [1.807, 2.05) is 6.07 Å². The molecule has 0 atom stereocenters. The number of benzene rings is 1. The van der Waals surface area contributed by atoms with Gasteiger partial charge in [0.1, 0.15) is 11.1 Å².